The van der Waals surface area contributed by atoms with E-state index >= 15 is 0 Å². The molecule has 1 heterocycles. The molecular weight excluding hydrogens is 494 g/mol. The fourth-order valence-electron chi connectivity index (χ4n) is 5.95. The molecule has 1 saturated carbocycles. The van der Waals surface area contributed by atoms with Crippen LogP contribution in [0.3, 0.4) is 0 Å². The summed E-state index contributed by atoms with van der Waals surface area (Å²) >= 11 is 0. The molecular formula is C30H39N5O4. The van der Waals surface area contributed by atoms with Gasteiger partial charge in [0, 0.05) is 30.7 Å². The molecule has 2 fully saturated rings. The number of nitrogens with zero attached hydrogens (tertiary/aromatic N) is 1. The van der Waals surface area contributed by atoms with Crippen LogP contribution in [0.15, 0.2) is 54.6 Å². The summed E-state index contributed by atoms with van der Waals surface area (Å²) in [5.74, 6) is -1.43. The van der Waals surface area contributed by atoms with Gasteiger partial charge in [-0.1, -0.05) is 42.5 Å². The second kappa shape index (κ2) is 13.3. The zero-order chi connectivity index (χ0) is 27.8. The third-order valence-electron chi connectivity index (χ3n) is 7.99. The highest BCUT2D eigenvalue weighted by Gasteiger charge is 2.40. The van der Waals surface area contributed by atoms with Crippen molar-refractivity contribution in [1.29, 1.82) is 5.41 Å². The Morgan fingerprint density at radius 2 is 1.72 bits per heavy atom. The van der Waals surface area contributed by atoms with Crippen molar-refractivity contribution in [3.8, 4) is 0 Å². The van der Waals surface area contributed by atoms with Gasteiger partial charge in [-0.15, -0.1) is 0 Å². The quantitative estimate of drug-likeness (QED) is 0.221. The van der Waals surface area contributed by atoms with Gasteiger partial charge >= 0.3 is 5.97 Å². The summed E-state index contributed by atoms with van der Waals surface area (Å²) in [5, 5.41) is 22.6. The molecule has 2 aliphatic rings. The number of aryl methyl sites for hydroxylation is 1. The molecule has 2 amide bonds. The van der Waals surface area contributed by atoms with Gasteiger partial charge in [-0.05, 0) is 74.1 Å². The lowest BCUT2D eigenvalue weighted by molar-refractivity contribution is -0.142. The lowest BCUT2D eigenvalue weighted by Gasteiger charge is -2.29. The van der Waals surface area contributed by atoms with Crippen molar-refractivity contribution >= 4 is 23.7 Å². The number of carbonyl (C=O) groups is 3. The maximum Gasteiger partial charge on any atom is 0.304 e. The number of carbonyl (C=O) groups excluding carboxylic acids is 2. The number of benzene rings is 2. The summed E-state index contributed by atoms with van der Waals surface area (Å²) in [6, 6.07) is 17.8. The number of amides is 2. The van der Waals surface area contributed by atoms with E-state index in [1.807, 2.05) is 42.5 Å². The van der Waals surface area contributed by atoms with Gasteiger partial charge in [0.1, 0.15) is 0 Å². The van der Waals surface area contributed by atoms with Crippen molar-refractivity contribution in [2.75, 3.05) is 13.1 Å². The lowest BCUT2D eigenvalue weighted by atomic mass is 9.81. The van der Waals surface area contributed by atoms with E-state index in [2.05, 4.69) is 22.8 Å². The van der Waals surface area contributed by atoms with E-state index in [1.54, 1.807) is 4.90 Å². The van der Waals surface area contributed by atoms with Crippen LogP contribution in [0.2, 0.25) is 0 Å². The highest BCUT2D eigenvalue weighted by Crippen LogP contribution is 2.33. The van der Waals surface area contributed by atoms with Gasteiger partial charge < -0.3 is 26.4 Å². The normalized spacial score (nSPS) is 22.9. The number of hydrogen-bond acceptors (Lipinski definition) is 4. The summed E-state index contributed by atoms with van der Waals surface area (Å²) in [7, 11) is 0. The molecule has 1 saturated heterocycles. The Bertz CT molecular complexity index is 1150. The van der Waals surface area contributed by atoms with Crippen LogP contribution < -0.4 is 16.4 Å². The molecule has 6 N–H and O–H groups in total. The third kappa shape index (κ3) is 7.81. The molecule has 39 heavy (non-hydrogen) atoms. The summed E-state index contributed by atoms with van der Waals surface area (Å²) in [6.45, 7) is 0.824. The van der Waals surface area contributed by atoms with E-state index in [4.69, 9.17) is 11.1 Å². The number of likely N-dealkylation sites (tertiary alicyclic amines) is 1. The molecule has 2 atom stereocenters. The Morgan fingerprint density at radius 3 is 2.36 bits per heavy atom. The third-order valence-corrected chi connectivity index (χ3v) is 7.99. The maximum atomic E-state index is 13.0. The van der Waals surface area contributed by atoms with E-state index in [9.17, 15) is 19.5 Å². The Labute approximate surface area is 229 Å². The molecule has 0 bridgehead atoms. The van der Waals surface area contributed by atoms with Crippen LogP contribution in [0.1, 0.15) is 72.3 Å². The molecule has 2 aromatic rings. The van der Waals surface area contributed by atoms with Crippen LogP contribution in [0, 0.1) is 11.3 Å². The molecule has 0 spiro atoms. The number of aliphatic carboxylic acids is 1. The van der Waals surface area contributed by atoms with E-state index in [0.29, 0.717) is 31.0 Å². The monoisotopic (exact) mass is 533 g/mol. The highest BCUT2D eigenvalue weighted by atomic mass is 16.4. The first kappa shape index (κ1) is 28.1. The Hall–Kier alpha value is -3.88. The molecule has 9 heteroatoms. The van der Waals surface area contributed by atoms with E-state index in [-0.39, 0.29) is 36.3 Å². The molecule has 0 unspecified atom stereocenters. The molecule has 1 aliphatic carbocycles. The average Bonchev–Trinajstić information content (AvgIpc) is 3.21. The first-order valence-corrected chi connectivity index (χ1v) is 13.8. The Morgan fingerprint density at radius 1 is 1.03 bits per heavy atom. The van der Waals surface area contributed by atoms with Gasteiger partial charge in [-0.25, -0.2) is 0 Å². The first-order valence-electron chi connectivity index (χ1n) is 13.8. The lowest BCUT2D eigenvalue weighted by Crippen LogP contribution is -2.42. The summed E-state index contributed by atoms with van der Waals surface area (Å²) in [6.07, 6.45) is 5.76. The zero-order valence-electron chi connectivity index (χ0n) is 22.3. The SMILES string of the molecule is N=C(N)N[C@H]1CC[C@H](c2ccc(C(=O)NC[C@@H]3C[C@@H](CC(=O)O)C(=O)N3CCCc3ccccc3)cc2)CC1. The smallest absolute Gasteiger partial charge is 0.304 e. The largest absolute Gasteiger partial charge is 0.481 e. The van der Waals surface area contributed by atoms with Gasteiger partial charge in [-0.2, -0.15) is 0 Å². The van der Waals surface area contributed by atoms with Crippen molar-refractivity contribution in [2.24, 2.45) is 11.7 Å². The average molecular weight is 534 g/mol. The number of hydrogen-bond donors (Lipinski definition) is 5. The zero-order valence-corrected chi connectivity index (χ0v) is 22.3. The topological polar surface area (TPSA) is 149 Å². The van der Waals surface area contributed by atoms with E-state index < -0.39 is 11.9 Å². The number of guanidine groups is 1. The van der Waals surface area contributed by atoms with Gasteiger partial charge in [-0.3, -0.25) is 19.8 Å². The van der Waals surface area contributed by atoms with Crippen molar-refractivity contribution in [3.63, 3.8) is 0 Å². The van der Waals surface area contributed by atoms with E-state index in [1.165, 1.54) is 11.1 Å². The molecule has 208 valence electrons. The fraction of sp³-hybridized carbons (Fsp3) is 0.467. The molecule has 0 radical (unpaired) electrons. The standard InChI is InChI=1S/C30H39N5O4/c31-30(32)34-25-14-12-22(13-15-25)21-8-10-23(11-9-21)28(38)33-19-26-17-24(18-27(36)37)29(39)35(26)16-4-7-20-5-2-1-3-6-20/h1-3,5-6,8-11,22,24-26H,4,7,12-19H2,(H,33,38)(H,36,37)(H4,31,32,34)/t22-,24-,25-,26-/m0/s1. The summed E-state index contributed by atoms with van der Waals surface area (Å²) in [4.78, 5) is 39.0. The van der Waals surface area contributed by atoms with Crippen molar-refractivity contribution < 1.29 is 19.5 Å². The first-order chi connectivity index (χ1) is 18.8. The minimum atomic E-state index is -0.981. The van der Waals surface area contributed by atoms with Crippen molar-refractivity contribution in [2.45, 2.75) is 69.4 Å². The van der Waals surface area contributed by atoms with Gasteiger partial charge in [0.15, 0.2) is 5.96 Å². The van der Waals surface area contributed by atoms with Crippen molar-refractivity contribution in [1.82, 2.24) is 15.5 Å². The number of nitrogens with two attached hydrogens (primary N) is 1. The molecule has 2 aromatic carbocycles. The number of rotatable bonds is 11. The van der Waals surface area contributed by atoms with E-state index in [0.717, 1.165) is 38.5 Å². The minimum absolute atomic E-state index is 0.0171. The molecule has 1 aliphatic heterocycles. The van der Waals surface area contributed by atoms with Crippen molar-refractivity contribution in [3.05, 3.63) is 71.3 Å². The Kier molecular flexibility index (Phi) is 9.57. The van der Waals surface area contributed by atoms with Crippen LogP contribution in [-0.4, -0.2) is 58.9 Å². The van der Waals surface area contributed by atoms with Crippen LogP contribution in [-0.2, 0) is 16.0 Å². The summed E-state index contributed by atoms with van der Waals surface area (Å²) in [5.41, 5.74) is 8.41. The molecule has 0 aromatic heterocycles. The Balaban J connectivity index is 1.30. The van der Waals surface area contributed by atoms with Crippen LogP contribution in [0.4, 0.5) is 0 Å². The van der Waals surface area contributed by atoms with Crippen LogP contribution in [0.25, 0.3) is 0 Å². The van der Waals surface area contributed by atoms with Crippen LogP contribution in [0.5, 0.6) is 0 Å². The van der Waals surface area contributed by atoms with Gasteiger partial charge in [0.05, 0.1) is 12.3 Å². The predicted octanol–water partition coefficient (Wildman–Crippen LogP) is 3.25. The predicted molar refractivity (Wildman–Crippen MR) is 149 cm³/mol. The highest BCUT2D eigenvalue weighted by molar-refractivity contribution is 5.94. The van der Waals surface area contributed by atoms with Crippen LogP contribution >= 0.6 is 0 Å². The second-order valence-corrected chi connectivity index (χ2v) is 10.7. The number of carboxylic acids is 1. The minimum Gasteiger partial charge on any atom is -0.481 e. The number of carboxylic acid groups (broad SMARTS) is 1. The molecule has 4 rings (SSSR count). The maximum absolute atomic E-state index is 13.0. The second-order valence-electron chi connectivity index (χ2n) is 10.7. The summed E-state index contributed by atoms with van der Waals surface area (Å²) < 4.78 is 0. The van der Waals surface area contributed by atoms with Gasteiger partial charge in [0.2, 0.25) is 5.91 Å². The fourth-order valence-corrected chi connectivity index (χ4v) is 5.95. The molecule has 9 nitrogen and oxygen atoms in total. The number of nitrogens with one attached hydrogen (secondary N) is 3. The van der Waals surface area contributed by atoms with Gasteiger partial charge in [0.25, 0.3) is 5.91 Å².